The van der Waals surface area contributed by atoms with Crippen molar-refractivity contribution in [3.05, 3.63) is 52.4 Å². The highest BCUT2D eigenvalue weighted by Gasteiger charge is 2.00. The van der Waals surface area contributed by atoms with Crippen LogP contribution in [-0.4, -0.2) is 16.6 Å². The zero-order chi connectivity index (χ0) is 12.1. The lowest BCUT2D eigenvalue weighted by Gasteiger charge is -2.06. The monoisotopic (exact) mass is 292 g/mol. The first-order chi connectivity index (χ1) is 8.25. The van der Waals surface area contributed by atoms with Crippen molar-refractivity contribution in [1.29, 1.82) is 0 Å². The normalized spacial score (nSPS) is 10.2. The molecule has 3 nitrogen and oxygen atoms in total. The molecule has 0 bridgehead atoms. The zero-order valence-electron chi connectivity index (χ0n) is 9.56. The van der Waals surface area contributed by atoms with Crippen LogP contribution in [0.15, 0.2) is 41.1 Å². The number of nitrogens with zero attached hydrogens (tertiary/aromatic N) is 2. The van der Waals surface area contributed by atoms with Crippen molar-refractivity contribution in [2.24, 2.45) is 0 Å². The van der Waals surface area contributed by atoms with Gasteiger partial charge in [-0.2, -0.15) is 0 Å². The molecule has 0 aliphatic carbocycles. The van der Waals surface area contributed by atoms with Gasteiger partial charge >= 0.3 is 0 Å². The van der Waals surface area contributed by atoms with E-state index in [1.165, 1.54) is 0 Å². The smallest absolute Gasteiger partial charge is 0.213 e. The van der Waals surface area contributed by atoms with Crippen LogP contribution in [0.5, 0.6) is 5.88 Å². The minimum absolute atomic E-state index is 0.588. The summed E-state index contributed by atoms with van der Waals surface area (Å²) < 4.78 is 6.57. The predicted molar refractivity (Wildman–Crippen MR) is 70.1 cm³/mol. The van der Waals surface area contributed by atoms with Gasteiger partial charge in [0.2, 0.25) is 5.88 Å². The van der Waals surface area contributed by atoms with Crippen LogP contribution in [0, 0.1) is 6.92 Å². The van der Waals surface area contributed by atoms with Gasteiger partial charge in [-0.1, -0.05) is 6.07 Å². The molecule has 0 aromatic carbocycles. The second-order valence-corrected chi connectivity index (χ2v) is 4.55. The number of ether oxygens (including phenoxy) is 1. The quantitative estimate of drug-likeness (QED) is 0.868. The van der Waals surface area contributed by atoms with Gasteiger partial charge in [0.15, 0.2) is 0 Å². The molecule has 0 spiro atoms. The first-order valence-corrected chi connectivity index (χ1v) is 6.20. The van der Waals surface area contributed by atoms with Crippen LogP contribution < -0.4 is 4.74 Å². The molecular weight excluding hydrogens is 280 g/mol. The number of hydrogen-bond donors (Lipinski definition) is 0. The van der Waals surface area contributed by atoms with Crippen molar-refractivity contribution in [1.82, 2.24) is 9.97 Å². The molecule has 0 saturated carbocycles. The molecule has 0 unspecified atom stereocenters. The Kier molecular flexibility index (Phi) is 4.09. The molecule has 0 aliphatic rings. The summed E-state index contributed by atoms with van der Waals surface area (Å²) >= 11 is 3.41. The topological polar surface area (TPSA) is 35.0 Å². The fourth-order valence-electron chi connectivity index (χ4n) is 1.40. The minimum Gasteiger partial charge on any atom is -0.477 e. The number of hydrogen-bond acceptors (Lipinski definition) is 3. The van der Waals surface area contributed by atoms with Crippen LogP contribution in [0.3, 0.4) is 0 Å². The van der Waals surface area contributed by atoms with Gasteiger partial charge in [0.25, 0.3) is 0 Å². The Morgan fingerprint density at radius 2 is 2.18 bits per heavy atom. The molecule has 17 heavy (non-hydrogen) atoms. The fourth-order valence-corrected chi connectivity index (χ4v) is 1.62. The van der Waals surface area contributed by atoms with E-state index in [1.807, 2.05) is 31.2 Å². The third-order valence-corrected chi connectivity index (χ3v) is 3.19. The van der Waals surface area contributed by atoms with E-state index in [0.29, 0.717) is 12.5 Å². The van der Waals surface area contributed by atoms with Crippen molar-refractivity contribution in [3.63, 3.8) is 0 Å². The molecule has 0 radical (unpaired) electrons. The van der Waals surface area contributed by atoms with E-state index in [0.717, 1.165) is 22.2 Å². The highest BCUT2D eigenvalue weighted by atomic mass is 79.9. The molecule has 2 aromatic rings. The van der Waals surface area contributed by atoms with E-state index in [2.05, 4.69) is 25.9 Å². The largest absolute Gasteiger partial charge is 0.477 e. The molecule has 0 fully saturated rings. The molecule has 2 heterocycles. The predicted octanol–water partition coefficient (Wildman–Crippen LogP) is 3.17. The van der Waals surface area contributed by atoms with Gasteiger partial charge in [-0.05, 0) is 40.5 Å². The Morgan fingerprint density at radius 3 is 2.88 bits per heavy atom. The van der Waals surface area contributed by atoms with E-state index in [9.17, 15) is 0 Å². The SMILES string of the molecule is Cc1cc(OCCc2ccccn2)ncc1Br. The first kappa shape index (κ1) is 12.0. The van der Waals surface area contributed by atoms with Gasteiger partial charge in [-0.25, -0.2) is 4.98 Å². The number of pyridine rings is 2. The second-order valence-electron chi connectivity index (χ2n) is 3.69. The van der Waals surface area contributed by atoms with Gasteiger partial charge in [-0.3, -0.25) is 4.98 Å². The van der Waals surface area contributed by atoms with E-state index in [-0.39, 0.29) is 0 Å². The standard InChI is InChI=1S/C13H13BrN2O/c1-10-8-13(16-9-12(10)14)17-7-5-11-4-2-3-6-15-11/h2-4,6,8-9H,5,7H2,1H3. The van der Waals surface area contributed by atoms with Gasteiger partial charge in [0.1, 0.15) is 0 Å². The molecule has 2 rings (SSSR count). The lowest BCUT2D eigenvalue weighted by molar-refractivity contribution is 0.308. The first-order valence-electron chi connectivity index (χ1n) is 5.40. The van der Waals surface area contributed by atoms with Crippen LogP contribution in [0.25, 0.3) is 0 Å². The Bertz CT molecular complexity index is 488. The van der Waals surface area contributed by atoms with Crippen LogP contribution in [-0.2, 0) is 6.42 Å². The number of halogens is 1. The summed E-state index contributed by atoms with van der Waals surface area (Å²) in [4.78, 5) is 8.41. The summed E-state index contributed by atoms with van der Waals surface area (Å²) in [6.07, 6.45) is 4.33. The van der Waals surface area contributed by atoms with Crippen molar-refractivity contribution in [2.45, 2.75) is 13.3 Å². The van der Waals surface area contributed by atoms with Crippen molar-refractivity contribution in [3.8, 4) is 5.88 Å². The molecule has 0 saturated heterocycles. The number of rotatable bonds is 4. The lowest BCUT2D eigenvalue weighted by atomic mass is 10.3. The molecule has 0 aliphatic heterocycles. The van der Waals surface area contributed by atoms with Gasteiger partial charge in [0, 0.05) is 35.0 Å². The molecule has 0 atom stereocenters. The van der Waals surface area contributed by atoms with E-state index in [4.69, 9.17) is 4.74 Å². The molecular formula is C13H13BrN2O. The molecule has 2 aromatic heterocycles. The summed E-state index contributed by atoms with van der Waals surface area (Å²) in [7, 11) is 0. The maximum absolute atomic E-state index is 5.57. The van der Waals surface area contributed by atoms with Gasteiger partial charge in [0.05, 0.1) is 6.61 Å². The molecule has 0 N–H and O–H groups in total. The molecule has 4 heteroatoms. The Labute approximate surface area is 109 Å². The Morgan fingerprint density at radius 1 is 1.29 bits per heavy atom. The van der Waals surface area contributed by atoms with Crippen molar-refractivity contribution < 1.29 is 4.74 Å². The summed E-state index contributed by atoms with van der Waals surface area (Å²) in [5.41, 5.74) is 2.15. The molecule has 88 valence electrons. The Hall–Kier alpha value is -1.42. The van der Waals surface area contributed by atoms with E-state index < -0.39 is 0 Å². The lowest BCUT2D eigenvalue weighted by Crippen LogP contribution is -2.03. The van der Waals surface area contributed by atoms with Crippen molar-refractivity contribution in [2.75, 3.05) is 6.61 Å². The van der Waals surface area contributed by atoms with Crippen LogP contribution in [0.4, 0.5) is 0 Å². The molecule has 0 amide bonds. The van der Waals surface area contributed by atoms with Gasteiger partial charge in [-0.15, -0.1) is 0 Å². The minimum atomic E-state index is 0.588. The van der Waals surface area contributed by atoms with E-state index >= 15 is 0 Å². The average Bonchev–Trinajstić information content (AvgIpc) is 2.35. The third kappa shape index (κ3) is 3.53. The van der Waals surface area contributed by atoms with E-state index in [1.54, 1.807) is 12.4 Å². The van der Waals surface area contributed by atoms with Crippen LogP contribution >= 0.6 is 15.9 Å². The van der Waals surface area contributed by atoms with Crippen LogP contribution in [0.2, 0.25) is 0 Å². The maximum Gasteiger partial charge on any atom is 0.213 e. The van der Waals surface area contributed by atoms with Gasteiger partial charge < -0.3 is 4.74 Å². The van der Waals surface area contributed by atoms with Crippen LogP contribution in [0.1, 0.15) is 11.3 Å². The summed E-state index contributed by atoms with van der Waals surface area (Å²) in [6.45, 7) is 2.60. The number of aryl methyl sites for hydroxylation is 1. The fraction of sp³-hybridized carbons (Fsp3) is 0.231. The third-order valence-electron chi connectivity index (χ3n) is 2.36. The highest BCUT2D eigenvalue weighted by molar-refractivity contribution is 9.10. The maximum atomic E-state index is 5.57. The Balaban J connectivity index is 1.88. The summed E-state index contributed by atoms with van der Waals surface area (Å²) in [5, 5.41) is 0. The second kappa shape index (κ2) is 5.77. The average molecular weight is 293 g/mol. The highest BCUT2D eigenvalue weighted by Crippen LogP contribution is 2.18. The number of aromatic nitrogens is 2. The zero-order valence-corrected chi connectivity index (χ0v) is 11.1. The van der Waals surface area contributed by atoms with Crippen molar-refractivity contribution >= 4 is 15.9 Å². The summed E-state index contributed by atoms with van der Waals surface area (Å²) in [6, 6.07) is 7.79. The summed E-state index contributed by atoms with van der Waals surface area (Å²) in [5.74, 6) is 0.654.